The van der Waals surface area contributed by atoms with Crippen molar-refractivity contribution in [1.82, 2.24) is 19.4 Å². The third-order valence-corrected chi connectivity index (χ3v) is 7.76. The molecule has 1 aromatic rings. The van der Waals surface area contributed by atoms with Gasteiger partial charge in [-0.1, -0.05) is 0 Å². The average Bonchev–Trinajstić information content (AvgIpc) is 3.38. The zero-order valence-electron chi connectivity index (χ0n) is 16.7. The minimum Gasteiger partial charge on any atom is -0.342 e. The smallest absolute Gasteiger partial charge is 0.232 e. The molecule has 2 saturated heterocycles. The minimum atomic E-state index is 0.223. The van der Waals surface area contributed by atoms with Crippen molar-refractivity contribution in [2.24, 2.45) is 11.3 Å². The first kappa shape index (κ1) is 19.8. The largest absolute Gasteiger partial charge is 0.342 e. The van der Waals surface area contributed by atoms with E-state index in [-0.39, 0.29) is 5.41 Å². The summed E-state index contributed by atoms with van der Waals surface area (Å²) < 4.78 is 2.07. The maximum Gasteiger partial charge on any atom is 0.232 e. The first-order chi connectivity index (χ1) is 13.6. The van der Waals surface area contributed by atoms with Gasteiger partial charge >= 0.3 is 0 Å². The monoisotopic (exact) mass is 404 g/mol. The molecule has 2 amide bonds. The normalized spacial score (nSPS) is 22.1. The molecule has 1 spiro atoms. The van der Waals surface area contributed by atoms with Crippen LogP contribution in [0.25, 0.3) is 0 Å². The highest BCUT2D eigenvalue weighted by Gasteiger charge is 2.41. The summed E-state index contributed by atoms with van der Waals surface area (Å²) in [6, 6.07) is 0. The molecule has 4 rings (SSSR count). The Balaban J connectivity index is 1.22. The van der Waals surface area contributed by atoms with E-state index in [2.05, 4.69) is 19.4 Å². The number of imidazole rings is 1. The van der Waals surface area contributed by atoms with E-state index in [0.717, 1.165) is 70.1 Å². The Hall–Kier alpha value is -1.50. The fourth-order valence-electron chi connectivity index (χ4n) is 4.50. The lowest BCUT2D eigenvalue weighted by Gasteiger charge is -2.47. The van der Waals surface area contributed by atoms with Gasteiger partial charge in [0.05, 0.1) is 12.1 Å². The topological polar surface area (TPSA) is 58.4 Å². The van der Waals surface area contributed by atoms with Crippen LogP contribution in [0.1, 0.15) is 44.9 Å². The predicted octanol–water partition coefficient (Wildman–Crippen LogP) is 2.65. The van der Waals surface area contributed by atoms with Crippen LogP contribution in [-0.2, 0) is 16.1 Å². The van der Waals surface area contributed by atoms with Crippen molar-refractivity contribution in [2.75, 3.05) is 37.7 Å². The number of aryl methyl sites for hydroxylation is 1. The molecule has 0 aromatic carbocycles. The molecule has 1 saturated carbocycles. The van der Waals surface area contributed by atoms with Gasteiger partial charge in [0.15, 0.2) is 0 Å². The molecular weight excluding hydrogens is 372 g/mol. The van der Waals surface area contributed by atoms with Gasteiger partial charge in [-0.05, 0) is 55.6 Å². The number of hydrogen-bond donors (Lipinski definition) is 0. The van der Waals surface area contributed by atoms with Gasteiger partial charge in [-0.25, -0.2) is 4.98 Å². The number of hydrogen-bond acceptors (Lipinski definition) is 4. The number of carbonyl (C=O) groups excluding carboxylic acids is 2. The van der Waals surface area contributed by atoms with Gasteiger partial charge in [-0.3, -0.25) is 9.59 Å². The highest BCUT2D eigenvalue weighted by molar-refractivity contribution is 7.99. The van der Waals surface area contributed by atoms with Crippen molar-refractivity contribution < 1.29 is 9.59 Å². The number of piperidine rings is 2. The minimum absolute atomic E-state index is 0.223. The Labute approximate surface area is 172 Å². The maximum absolute atomic E-state index is 12.5. The Morgan fingerprint density at radius 2 is 2.04 bits per heavy atom. The second-order valence-corrected chi connectivity index (χ2v) is 9.84. The van der Waals surface area contributed by atoms with Gasteiger partial charge < -0.3 is 14.4 Å². The molecule has 0 atom stereocenters. The number of rotatable bonds is 8. The lowest BCUT2D eigenvalue weighted by atomic mass is 9.72. The zero-order valence-corrected chi connectivity index (χ0v) is 17.5. The summed E-state index contributed by atoms with van der Waals surface area (Å²) in [5.41, 5.74) is 0.223. The van der Waals surface area contributed by atoms with Crippen LogP contribution in [0, 0.1) is 11.3 Å². The Morgan fingerprint density at radius 1 is 1.21 bits per heavy atom. The van der Waals surface area contributed by atoms with Crippen LogP contribution in [-0.4, -0.2) is 68.8 Å². The molecule has 0 N–H and O–H groups in total. The van der Waals surface area contributed by atoms with Gasteiger partial charge in [0.25, 0.3) is 0 Å². The van der Waals surface area contributed by atoms with E-state index in [1.165, 1.54) is 12.8 Å². The highest BCUT2D eigenvalue weighted by atomic mass is 32.2. The number of carbonyl (C=O) groups is 2. The quantitative estimate of drug-likeness (QED) is 0.668. The van der Waals surface area contributed by atoms with E-state index in [4.69, 9.17) is 0 Å². The van der Waals surface area contributed by atoms with E-state index in [1.54, 1.807) is 6.20 Å². The summed E-state index contributed by atoms with van der Waals surface area (Å²) in [4.78, 5) is 33.1. The van der Waals surface area contributed by atoms with Gasteiger partial charge in [0.2, 0.25) is 11.8 Å². The predicted molar refractivity (Wildman–Crippen MR) is 111 cm³/mol. The van der Waals surface area contributed by atoms with Crippen LogP contribution >= 0.6 is 11.8 Å². The number of nitrogens with zero attached hydrogens (tertiary/aromatic N) is 4. The maximum atomic E-state index is 12.5. The van der Waals surface area contributed by atoms with Crippen LogP contribution in [0.4, 0.5) is 0 Å². The zero-order chi connectivity index (χ0) is 19.4. The summed E-state index contributed by atoms with van der Waals surface area (Å²) in [6.07, 6.45) is 13.0. The van der Waals surface area contributed by atoms with Crippen LogP contribution in [0.15, 0.2) is 18.7 Å². The molecule has 1 aromatic heterocycles. The molecule has 6 nitrogen and oxygen atoms in total. The Morgan fingerprint density at radius 3 is 2.75 bits per heavy atom. The summed E-state index contributed by atoms with van der Waals surface area (Å²) in [6.45, 7) is 4.31. The van der Waals surface area contributed by atoms with E-state index < -0.39 is 0 Å². The first-order valence-electron chi connectivity index (χ1n) is 10.7. The van der Waals surface area contributed by atoms with Crippen molar-refractivity contribution in [2.45, 2.75) is 51.5 Å². The third kappa shape index (κ3) is 5.10. The van der Waals surface area contributed by atoms with Crippen molar-refractivity contribution in [3.8, 4) is 0 Å². The van der Waals surface area contributed by atoms with Gasteiger partial charge in [0.1, 0.15) is 0 Å². The van der Waals surface area contributed by atoms with E-state index >= 15 is 0 Å². The number of thioether (sulfide) groups is 1. The molecule has 154 valence electrons. The number of aromatic nitrogens is 2. The van der Waals surface area contributed by atoms with Crippen LogP contribution in [0.3, 0.4) is 0 Å². The van der Waals surface area contributed by atoms with Crippen molar-refractivity contribution >= 4 is 23.6 Å². The molecular formula is C21H32N4O2S. The molecule has 3 heterocycles. The summed E-state index contributed by atoms with van der Waals surface area (Å²) in [5, 5.41) is 0. The molecule has 0 unspecified atom stereocenters. The highest BCUT2D eigenvalue weighted by Crippen LogP contribution is 2.40. The molecule has 2 aliphatic heterocycles. The molecule has 3 aliphatic rings. The fourth-order valence-corrected chi connectivity index (χ4v) is 5.64. The molecule has 3 fully saturated rings. The number of amides is 2. The summed E-state index contributed by atoms with van der Waals surface area (Å²) in [7, 11) is 0. The van der Waals surface area contributed by atoms with E-state index in [9.17, 15) is 9.59 Å². The van der Waals surface area contributed by atoms with Gasteiger partial charge in [-0.15, -0.1) is 0 Å². The van der Waals surface area contributed by atoms with Crippen molar-refractivity contribution in [3.63, 3.8) is 0 Å². The number of likely N-dealkylation sites (tertiary alicyclic amines) is 2. The third-order valence-electron chi connectivity index (χ3n) is 6.60. The van der Waals surface area contributed by atoms with Crippen molar-refractivity contribution in [3.05, 3.63) is 18.7 Å². The molecule has 0 radical (unpaired) electrons. The lowest BCUT2D eigenvalue weighted by molar-refractivity contribution is -0.141. The van der Waals surface area contributed by atoms with Crippen LogP contribution in [0.5, 0.6) is 0 Å². The Kier molecular flexibility index (Phi) is 6.28. The van der Waals surface area contributed by atoms with Crippen molar-refractivity contribution in [1.29, 1.82) is 0 Å². The second-order valence-electron chi connectivity index (χ2n) is 8.81. The standard InChI is InChI=1S/C21H32N4O2S/c26-19-4-5-21(16-25(19)10-1-9-23-13-8-22-17-23)6-11-24(12-7-21)20(27)15-28-14-18-2-3-18/h8,13,17-18H,1-7,9-12,14-16H2. The molecule has 28 heavy (non-hydrogen) atoms. The summed E-state index contributed by atoms with van der Waals surface area (Å²) in [5.74, 6) is 3.28. The van der Waals surface area contributed by atoms with Crippen LogP contribution in [0.2, 0.25) is 0 Å². The Bertz CT molecular complexity index is 666. The van der Waals surface area contributed by atoms with Gasteiger partial charge in [0, 0.05) is 51.5 Å². The lowest BCUT2D eigenvalue weighted by Crippen LogP contribution is -2.52. The van der Waals surface area contributed by atoms with E-state index in [0.29, 0.717) is 24.0 Å². The van der Waals surface area contributed by atoms with Crippen LogP contribution < -0.4 is 0 Å². The summed E-state index contributed by atoms with van der Waals surface area (Å²) >= 11 is 1.81. The van der Waals surface area contributed by atoms with E-state index in [1.807, 2.05) is 24.3 Å². The molecule has 0 bridgehead atoms. The average molecular weight is 405 g/mol. The molecule has 1 aliphatic carbocycles. The molecule has 7 heteroatoms. The fraction of sp³-hybridized carbons (Fsp3) is 0.762. The second kappa shape index (κ2) is 8.89. The SMILES string of the molecule is O=C(CSCC1CC1)N1CCC2(CCC(=O)N(CCCn3ccnc3)C2)CC1. The first-order valence-corrected chi connectivity index (χ1v) is 11.9. The van der Waals surface area contributed by atoms with Gasteiger partial charge in [-0.2, -0.15) is 11.8 Å².